The van der Waals surface area contributed by atoms with Crippen molar-refractivity contribution in [2.45, 2.75) is 110 Å². The van der Waals surface area contributed by atoms with Crippen LogP contribution < -0.4 is 0 Å². The van der Waals surface area contributed by atoms with Gasteiger partial charge in [0.05, 0.1) is 0 Å². The van der Waals surface area contributed by atoms with E-state index in [0.717, 1.165) is 5.90 Å². The first-order valence-electron chi connectivity index (χ1n) is 9.42. The third-order valence-corrected chi connectivity index (χ3v) is 7.19. The van der Waals surface area contributed by atoms with Crippen molar-refractivity contribution in [3.8, 4) is 0 Å². The van der Waals surface area contributed by atoms with Gasteiger partial charge in [-0.15, -0.1) is 0 Å². The monoisotopic (exact) mass is 343 g/mol. The normalized spacial score (nSPS) is 13.5. The number of unbranched alkanes of at least 4 members (excludes halogenated alkanes) is 8. The van der Waals surface area contributed by atoms with Crippen molar-refractivity contribution >= 4 is 22.5 Å². The summed E-state index contributed by atoms with van der Waals surface area (Å²) >= 11 is 0. The first-order chi connectivity index (χ1) is 10.2. The highest BCUT2D eigenvalue weighted by Gasteiger charge is 2.25. The highest BCUT2D eigenvalue weighted by molar-refractivity contribution is 6.76. The van der Waals surface area contributed by atoms with E-state index >= 15 is 0 Å². The van der Waals surface area contributed by atoms with Crippen LogP contribution in [0.15, 0.2) is 4.66 Å². The van der Waals surface area contributed by atoms with Crippen LogP contribution in [0.25, 0.3) is 0 Å². The van der Waals surface area contributed by atoms with Gasteiger partial charge >= 0.3 is 0 Å². The van der Waals surface area contributed by atoms with E-state index < -0.39 is 16.6 Å². The van der Waals surface area contributed by atoms with Gasteiger partial charge in [-0.05, 0) is 38.8 Å². The van der Waals surface area contributed by atoms with Crippen molar-refractivity contribution in [3.05, 3.63) is 0 Å². The molecule has 0 aliphatic heterocycles. The second kappa shape index (κ2) is 11.4. The molecule has 0 aliphatic rings. The molecule has 0 rings (SSSR count). The topological polar surface area (TPSA) is 21.6 Å². The Labute approximate surface area is 142 Å². The fraction of sp³-hybridized carbons (Fsp3) is 0.944. The Bertz CT molecular complexity index is 309. The van der Waals surface area contributed by atoms with Gasteiger partial charge in [-0.2, -0.15) is 0 Å². The molecule has 0 aromatic carbocycles. The molecule has 132 valence electrons. The van der Waals surface area contributed by atoms with Gasteiger partial charge in [-0.3, -0.25) is 4.66 Å². The van der Waals surface area contributed by atoms with Crippen LogP contribution in [0, 0.1) is 0 Å². The van der Waals surface area contributed by atoms with E-state index in [0.29, 0.717) is 0 Å². The Morgan fingerprint density at radius 1 is 0.773 bits per heavy atom. The number of hydrogen-bond donors (Lipinski definition) is 0. The molecule has 0 amide bonds. The molecule has 0 aliphatic carbocycles. The summed E-state index contributed by atoms with van der Waals surface area (Å²) in [6, 6.07) is 1.27. The van der Waals surface area contributed by atoms with E-state index in [4.69, 9.17) is 9.08 Å². The maximum atomic E-state index is 6.21. The van der Waals surface area contributed by atoms with Crippen LogP contribution in [0.3, 0.4) is 0 Å². The van der Waals surface area contributed by atoms with Crippen LogP contribution in [-0.2, 0) is 4.43 Å². The predicted octanol–water partition coefficient (Wildman–Crippen LogP) is 6.99. The van der Waals surface area contributed by atoms with Gasteiger partial charge < -0.3 is 4.43 Å². The predicted molar refractivity (Wildman–Crippen MR) is 107 cm³/mol. The zero-order valence-corrected chi connectivity index (χ0v) is 18.4. The lowest BCUT2D eigenvalue weighted by atomic mass is 10.1. The lowest BCUT2D eigenvalue weighted by Crippen LogP contribution is -2.33. The minimum atomic E-state index is -1.56. The Hall–Kier alpha value is -0.0962. The molecule has 0 N–H and O–H groups in total. The molecule has 0 saturated carbocycles. The molecule has 22 heavy (non-hydrogen) atoms. The van der Waals surface area contributed by atoms with Crippen LogP contribution in [-0.4, -0.2) is 22.5 Å². The Morgan fingerprint density at radius 2 is 1.23 bits per heavy atom. The molecule has 0 unspecified atom stereocenters. The van der Waals surface area contributed by atoms with Gasteiger partial charge in [-0.1, -0.05) is 64.7 Å². The minimum Gasteiger partial charge on any atom is -0.535 e. The second-order valence-corrected chi connectivity index (χ2v) is 17.0. The molecule has 0 radical (unpaired) electrons. The molecule has 0 saturated heterocycles. The van der Waals surface area contributed by atoms with Crippen molar-refractivity contribution in [3.63, 3.8) is 0 Å². The smallest absolute Gasteiger partial charge is 0.246 e. The molecule has 2 nitrogen and oxygen atoms in total. The van der Waals surface area contributed by atoms with Gasteiger partial charge in [0.1, 0.15) is 0 Å². The zero-order chi connectivity index (χ0) is 17.1. The summed E-state index contributed by atoms with van der Waals surface area (Å²) in [5.74, 6) is 0.937. The van der Waals surface area contributed by atoms with Crippen molar-refractivity contribution in [2.24, 2.45) is 4.66 Å². The first-order valence-corrected chi connectivity index (χ1v) is 16.0. The maximum absolute atomic E-state index is 6.21. The molecular formula is C18H41NOSi2. The minimum absolute atomic E-state index is 0.937. The number of hydrogen-bond acceptors (Lipinski definition) is 2. The highest BCUT2D eigenvalue weighted by Crippen LogP contribution is 2.19. The summed E-state index contributed by atoms with van der Waals surface area (Å²) in [4.78, 5) is 0. The van der Waals surface area contributed by atoms with Gasteiger partial charge in [0.2, 0.25) is 8.32 Å². The van der Waals surface area contributed by atoms with E-state index in [-0.39, 0.29) is 0 Å². The van der Waals surface area contributed by atoms with Gasteiger partial charge in [0.15, 0.2) is 14.1 Å². The fourth-order valence-electron chi connectivity index (χ4n) is 2.81. The Balaban J connectivity index is 3.74. The highest BCUT2D eigenvalue weighted by atomic mass is 28.4. The van der Waals surface area contributed by atoms with Gasteiger partial charge in [0, 0.05) is 6.92 Å². The van der Waals surface area contributed by atoms with Crippen molar-refractivity contribution in [1.29, 1.82) is 0 Å². The fourth-order valence-corrected chi connectivity index (χ4v) is 5.94. The standard InChI is InChI=1S/C18H41NOSi2/c1-8-9-10-11-12-13-14-15-16-17-22(6,7)20-18(2)19-21(3,4)5/h8-17H2,1-7H3. The van der Waals surface area contributed by atoms with Gasteiger partial charge in [-0.25, -0.2) is 0 Å². The lowest BCUT2D eigenvalue weighted by Gasteiger charge is -2.25. The quantitative estimate of drug-likeness (QED) is 0.162. The van der Waals surface area contributed by atoms with E-state index in [1.165, 1.54) is 63.8 Å². The molecule has 0 bridgehead atoms. The van der Waals surface area contributed by atoms with Crippen molar-refractivity contribution < 1.29 is 4.43 Å². The third kappa shape index (κ3) is 14.8. The van der Waals surface area contributed by atoms with Crippen molar-refractivity contribution in [1.82, 2.24) is 0 Å². The molecule has 0 aromatic rings. The van der Waals surface area contributed by atoms with Gasteiger partial charge in [0.25, 0.3) is 0 Å². The van der Waals surface area contributed by atoms with Crippen LogP contribution in [0.5, 0.6) is 0 Å². The summed E-state index contributed by atoms with van der Waals surface area (Å²) in [5.41, 5.74) is 0. The first kappa shape index (κ1) is 21.9. The lowest BCUT2D eigenvalue weighted by molar-refractivity contribution is 0.525. The Kier molecular flexibility index (Phi) is 11.4. The van der Waals surface area contributed by atoms with E-state index in [9.17, 15) is 0 Å². The second-order valence-electron chi connectivity index (χ2n) is 8.24. The molecule has 0 aromatic heterocycles. The van der Waals surface area contributed by atoms with Crippen LogP contribution in [0.2, 0.25) is 38.8 Å². The average molecular weight is 344 g/mol. The summed E-state index contributed by atoms with van der Waals surface area (Å²) in [5, 5.41) is 0. The van der Waals surface area contributed by atoms with Crippen LogP contribution >= 0.6 is 0 Å². The number of rotatable bonds is 12. The zero-order valence-electron chi connectivity index (χ0n) is 16.4. The SMILES string of the molecule is CCCCCCCCCCC[Si](C)(C)OC(C)=N[Si](C)(C)C. The van der Waals surface area contributed by atoms with E-state index in [1.54, 1.807) is 0 Å². The maximum Gasteiger partial charge on any atom is 0.246 e. The molecule has 0 spiro atoms. The summed E-state index contributed by atoms with van der Waals surface area (Å²) in [7, 11) is -2.96. The van der Waals surface area contributed by atoms with E-state index in [2.05, 4.69) is 39.7 Å². The average Bonchev–Trinajstić information content (AvgIpc) is 2.33. The summed E-state index contributed by atoms with van der Waals surface area (Å²) in [6.07, 6.45) is 12.6. The van der Waals surface area contributed by atoms with E-state index in [1.807, 2.05) is 6.92 Å². The molecule has 0 heterocycles. The van der Waals surface area contributed by atoms with Crippen molar-refractivity contribution in [2.75, 3.05) is 0 Å². The summed E-state index contributed by atoms with van der Waals surface area (Å²) in [6.45, 7) is 15.8. The third-order valence-electron chi connectivity index (χ3n) is 3.80. The Morgan fingerprint density at radius 3 is 1.68 bits per heavy atom. The van der Waals surface area contributed by atoms with Crippen LogP contribution in [0.1, 0.15) is 71.6 Å². The molecule has 0 fully saturated rings. The molecule has 0 atom stereocenters. The van der Waals surface area contributed by atoms with Crippen LogP contribution in [0.4, 0.5) is 0 Å². The number of nitrogens with zero attached hydrogens (tertiary/aromatic N) is 1. The summed E-state index contributed by atoms with van der Waals surface area (Å²) < 4.78 is 11.0. The molecular weight excluding hydrogens is 302 g/mol. The molecule has 4 heteroatoms. The largest absolute Gasteiger partial charge is 0.535 e.